The second-order valence-electron chi connectivity index (χ2n) is 4.92. The standard InChI is InChI=1S/C16H23NO4/c1-3-17(12-16(19)20)15(18)9-4-5-10-21-14-8-6-7-13(2)11-14/h6-8,11H,3-5,9-10,12H2,1-2H3,(H,19,20). The fraction of sp³-hybridized carbons (Fsp3) is 0.500. The SMILES string of the molecule is CCN(CC(=O)O)C(=O)CCCCOc1cccc(C)c1. The predicted molar refractivity (Wildman–Crippen MR) is 80.4 cm³/mol. The van der Waals surface area contributed by atoms with Crippen molar-refractivity contribution in [2.75, 3.05) is 19.7 Å². The van der Waals surface area contributed by atoms with Gasteiger partial charge in [-0.2, -0.15) is 0 Å². The highest BCUT2D eigenvalue weighted by molar-refractivity contribution is 5.81. The number of ether oxygens (including phenoxy) is 1. The lowest BCUT2D eigenvalue weighted by Crippen LogP contribution is -2.35. The van der Waals surface area contributed by atoms with Gasteiger partial charge in [-0.1, -0.05) is 12.1 Å². The molecule has 0 radical (unpaired) electrons. The molecule has 0 fully saturated rings. The summed E-state index contributed by atoms with van der Waals surface area (Å²) in [6, 6.07) is 7.83. The van der Waals surface area contributed by atoms with Crippen molar-refractivity contribution >= 4 is 11.9 Å². The maximum absolute atomic E-state index is 11.8. The molecule has 21 heavy (non-hydrogen) atoms. The Morgan fingerprint density at radius 1 is 1.29 bits per heavy atom. The Bertz CT molecular complexity index is 473. The predicted octanol–water partition coefficient (Wildman–Crippen LogP) is 2.48. The summed E-state index contributed by atoms with van der Waals surface area (Å²) >= 11 is 0. The summed E-state index contributed by atoms with van der Waals surface area (Å²) in [5, 5.41) is 8.71. The summed E-state index contributed by atoms with van der Waals surface area (Å²) < 4.78 is 5.60. The number of rotatable bonds is 9. The first-order valence-corrected chi connectivity index (χ1v) is 7.22. The summed E-state index contributed by atoms with van der Waals surface area (Å²) in [6.07, 6.45) is 1.82. The molecule has 116 valence electrons. The number of hydrogen-bond donors (Lipinski definition) is 1. The van der Waals surface area contributed by atoms with E-state index in [1.807, 2.05) is 31.2 Å². The van der Waals surface area contributed by atoms with Gasteiger partial charge in [0.2, 0.25) is 5.91 Å². The molecule has 0 saturated heterocycles. The van der Waals surface area contributed by atoms with E-state index in [4.69, 9.17) is 9.84 Å². The van der Waals surface area contributed by atoms with Crippen LogP contribution in [0.1, 0.15) is 31.7 Å². The van der Waals surface area contributed by atoms with E-state index in [0.717, 1.165) is 17.7 Å². The highest BCUT2D eigenvalue weighted by Gasteiger charge is 2.13. The van der Waals surface area contributed by atoms with Crippen LogP contribution in [0.4, 0.5) is 0 Å². The minimum atomic E-state index is -0.979. The zero-order valence-electron chi connectivity index (χ0n) is 12.7. The van der Waals surface area contributed by atoms with Crippen molar-refractivity contribution < 1.29 is 19.4 Å². The summed E-state index contributed by atoms with van der Waals surface area (Å²) in [4.78, 5) is 23.8. The van der Waals surface area contributed by atoms with Crippen LogP contribution in [0.25, 0.3) is 0 Å². The van der Waals surface area contributed by atoms with Crippen molar-refractivity contribution in [2.45, 2.75) is 33.1 Å². The van der Waals surface area contributed by atoms with E-state index in [2.05, 4.69) is 0 Å². The van der Waals surface area contributed by atoms with Crippen LogP contribution in [0.15, 0.2) is 24.3 Å². The Morgan fingerprint density at radius 2 is 2.05 bits per heavy atom. The molecule has 1 aromatic rings. The van der Waals surface area contributed by atoms with E-state index < -0.39 is 5.97 Å². The lowest BCUT2D eigenvalue weighted by atomic mass is 10.2. The number of amides is 1. The lowest BCUT2D eigenvalue weighted by Gasteiger charge is -2.18. The number of carbonyl (C=O) groups is 2. The molecule has 1 amide bonds. The third-order valence-corrected chi connectivity index (χ3v) is 3.10. The number of unbranched alkanes of at least 4 members (excludes halogenated alkanes) is 1. The van der Waals surface area contributed by atoms with E-state index in [9.17, 15) is 9.59 Å². The molecule has 5 nitrogen and oxygen atoms in total. The Labute approximate surface area is 125 Å². The molecule has 0 atom stereocenters. The van der Waals surface area contributed by atoms with E-state index in [1.165, 1.54) is 4.90 Å². The topological polar surface area (TPSA) is 66.8 Å². The van der Waals surface area contributed by atoms with Crippen molar-refractivity contribution in [3.05, 3.63) is 29.8 Å². The molecule has 0 saturated carbocycles. The third kappa shape index (κ3) is 6.79. The molecule has 0 heterocycles. The minimum absolute atomic E-state index is 0.115. The van der Waals surface area contributed by atoms with Crippen LogP contribution in [-0.2, 0) is 9.59 Å². The zero-order chi connectivity index (χ0) is 15.7. The van der Waals surface area contributed by atoms with E-state index in [1.54, 1.807) is 6.92 Å². The van der Waals surface area contributed by atoms with Gasteiger partial charge < -0.3 is 14.7 Å². The molecule has 0 aromatic heterocycles. The molecule has 0 spiro atoms. The number of aryl methyl sites for hydroxylation is 1. The van der Waals surface area contributed by atoms with Gasteiger partial charge in [-0.15, -0.1) is 0 Å². The second kappa shape index (κ2) is 9.00. The van der Waals surface area contributed by atoms with Crippen molar-refractivity contribution in [3.8, 4) is 5.75 Å². The fourth-order valence-electron chi connectivity index (χ4n) is 1.97. The second-order valence-corrected chi connectivity index (χ2v) is 4.92. The minimum Gasteiger partial charge on any atom is -0.494 e. The third-order valence-electron chi connectivity index (χ3n) is 3.10. The quantitative estimate of drug-likeness (QED) is 0.710. The average molecular weight is 293 g/mol. The highest BCUT2D eigenvalue weighted by Crippen LogP contribution is 2.13. The van der Waals surface area contributed by atoms with Gasteiger partial charge in [0.1, 0.15) is 12.3 Å². The summed E-state index contributed by atoms with van der Waals surface area (Å²) in [6.45, 7) is 4.54. The molecule has 0 aliphatic carbocycles. The molecular formula is C16H23NO4. The number of hydrogen-bond acceptors (Lipinski definition) is 3. The maximum Gasteiger partial charge on any atom is 0.323 e. The van der Waals surface area contributed by atoms with Crippen molar-refractivity contribution in [1.29, 1.82) is 0 Å². The van der Waals surface area contributed by atoms with E-state index in [-0.39, 0.29) is 12.5 Å². The Kier molecular flexibility index (Phi) is 7.29. The molecular weight excluding hydrogens is 270 g/mol. The van der Waals surface area contributed by atoms with Gasteiger partial charge >= 0.3 is 5.97 Å². The number of likely N-dealkylation sites (N-methyl/N-ethyl adjacent to an activating group) is 1. The molecule has 0 aliphatic rings. The molecule has 0 unspecified atom stereocenters. The first kappa shape index (κ1) is 17.0. The average Bonchev–Trinajstić information content (AvgIpc) is 2.44. The summed E-state index contributed by atoms with van der Waals surface area (Å²) in [7, 11) is 0. The van der Waals surface area contributed by atoms with Crippen LogP contribution < -0.4 is 4.74 Å². The molecule has 0 aliphatic heterocycles. The molecule has 1 rings (SSSR count). The van der Waals surface area contributed by atoms with Gasteiger partial charge in [-0.05, 0) is 44.4 Å². The highest BCUT2D eigenvalue weighted by atomic mass is 16.5. The van der Waals surface area contributed by atoms with Crippen LogP contribution in [0, 0.1) is 6.92 Å². The van der Waals surface area contributed by atoms with Gasteiger partial charge in [0.05, 0.1) is 6.61 Å². The van der Waals surface area contributed by atoms with E-state index in [0.29, 0.717) is 26.0 Å². The molecule has 1 aromatic carbocycles. The first-order valence-electron chi connectivity index (χ1n) is 7.22. The Balaban J connectivity index is 2.21. The smallest absolute Gasteiger partial charge is 0.323 e. The maximum atomic E-state index is 11.8. The number of carboxylic acids is 1. The Morgan fingerprint density at radius 3 is 2.67 bits per heavy atom. The molecule has 0 bridgehead atoms. The van der Waals surface area contributed by atoms with Crippen LogP contribution in [-0.4, -0.2) is 41.6 Å². The Hall–Kier alpha value is -2.04. The van der Waals surface area contributed by atoms with E-state index >= 15 is 0 Å². The van der Waals surface area contributed by atoms with Gasteiger partial charge in [0.15, 0.2) is 0 Å². The number of benzene rings is 1. The van der Waals surface area contributed by atoms with Gasteiger partial charge in [-0.25, -0.2) is 0 Å². The van der Waals surface area contributed by atoms with Gasteiger partial charge in [-0.3, -0.25) is 9.59 Å². The van der Waals surface area contributed by atoms with Crippen molar-refractivity contribution in [3.63, 3.8) is 0 Å². The number of carboxylic acid groups (broad SMARTS) is 1. The van der Waals surface area contributed by atoms with Crippen LogP contribution in [0.5, 0.6) is 5.75 Å². The van der Waals surface area contributed by atoms with Crippen LogP contribution in [0.2, 0.25) is 0 Å². The molecule has 5 heteroatoms. The number of nitrogens with zero attached hydrogens (tertiary/aromatic N) is 1. The summed E-state index contributed by atoms with van der Waals surface area (Å²) in [5.74, 6) is -0.258. The number of aliphatic carboxylic acids is 1. The van der Waals surface area contributed by atoms with Gasteiger partial charge in [0.25, 0.3) is 0 Å². The first-order chi connectivity index (χ1) is 10.0. The molecule has 1 N–H and O–H groups in total. The van der Waals surface area contributed by atoms with Gasteiger partial charge in [0, 0.05) is 13.0 Å². The fourth-order valence-corrected chi connectivity index (χ4v) is 1.97. The van der Waals surface area contributed by atoms with Crippen molar-refractivity contribution in [1.82, 2.24) is 4.90 Å². The number of carbonyl (C=O) groups excluding carboxylic acids is 1. The zero-order valence-corrected chi connectivity index (χ0v) is 12.7. The summed E-state index contributed by atoms with van der Waals surface area (Å²) in [5.41, 5.74) is 1.15. The normalized spacial score (nSPS) is 10.2. The van der Waals surface area contributed by atoms with Crippen molar-refractivity contribution in [2.24, 2.45) is 0 Å². The largest absolute Gasteiger partial charge is 0.494 e. The lowest BCUT2D eigenvalue weighted by molar-refractivity contribution is -0.144. The monoisotopic (exact) mass is 293 g/mol. The van der Waals surface area contributed by atoms with Crippen LogP contribution in [0.3, 0.4) is 0 Å². The van der Waals surface area contributed by atoms with Crippen LogP contribution >= 0.6 is 0 Å².